The number of aliphatic hydroxyl groups excluding tert-OH is 1. The first-order valence-corrected chi connectivity index (χ1v) is 8.06. The van der Waals surface area contributed by atoms with E-state index in [1.165, 1.54) is 18.4 Å². The van der Waals surface area contributed by atoms with Crippen LogP contribution in [0.15, 0.2) is 42.5 Å². The van der Waals surface area contributed by atoms with Crippen LogP contribution in [0.3, 0.4) is 0 Å². The molecule has 0 saturated carbocycles. The molecule has 0 radical (unpaired) electrons. The predicted octanol–water partition coefficient (Wildman–Crippen LogP) is 4.19. The van der Waals surface area contributed by atoms with Gasteiger partial charge in [-0.1, -0.05) is 56.3 Å². The third kappa shape index (κ3) is 4.42. The van der Waals surface area contributed by atoms with Crippen LogP contribution < -0.4 is 0 Å². The molecule has 0 amide bonds. The Morgan fingerprint density at radius 1 is 1.29 bits per heavy atom. The van der Waals surface area contributed by atoms with Crippen molar-refractivity contribution in [2.45, 2.75) is 39.7 Å². The zero-order valence-electron chi connectivity index (χ0n) is 13.3. The van der Waals surface area contributed by atoms with E-state index < -0.39 is 0 Å². The number of allylic oxidation sites excluding steroid dienone is 2. The van der Waals surface area contributed by atoms with Crippen molar-refractivity contribution in [1.82, 2.24) is 0 Å². The largest absolute Gasteiger partial charge is 0.396 e. The smallest absolute Gasteiger partial charge is 0.0717 e. The fraction of sp³-hybridized carbons (Fsp3) is 0.579. The second-order valence-corrected chi connectivity index (χ2v) is 6.57. The van der Waals surface area contributed by atoms with E-state index in [0.717, 1.165) is 6.42 Å². The molecule has 2 rings (SSSR count). The molecule has 0 aromatic heterocycles. The zero-order valence-corrected chi connectivity index (χ0v) is 13.3. The summed E-state index contributed by atoms with van der Waals surface area (Å²) in [5.41, 5.74) is 1.32. The lowest BCUT2D eigenvalue weighted by atomic mass is 9.67. The first-order valence-electron chi connectivity index (χ1n) is 8.06. The summed E-state index contributed by atoms with van der Waals surface area (Å²) in [4.78, 5) is 0. The molecule has 0 saturated heterocycles. The summed E-state index contributed by atoms with van der Waals surface area (Å²) in [5.74, 6) is 0.622. The lowest BCUT2D eigenvalue weighted by molar-refractivity contribution is 0.0166. The highest BCUT2D eigenvalue weighted by Gasteiger charge is 2.35. The van der Waals surface area contributed by atoms with Gasteiger partial charge in [0.05, 0.1) is 6.61 Å². The van der Waals surface area contributed by atoms with Gasteiger partial charge >= 0.3 is 0 Å². The van der Waals surface area contributed by atoms with E-state index in [-0.39, 0.29) is 17.9 Å². The lowest BCUT2D eigenvalue weighted by Gasteiger charge is -2.39. The summed E-state index contributed by atoms with van der Waals surface area (Å²) in [7, 11) is 0. The quantitative estimate of drug-likeness (QED) is 0.762. The Labute approximate surface area is 128 Å². The van der Waals surface area contributed by atoms with E-state index >= 15 is 0 Å². The summed E-state index contributed by atoms with van der Waals surface area (Å²) in [6, 6.07) is 10.3. The van der Waals surface area contributed by atoms with Gasteiger partial charge in [0, 0.05) is 13.2 Å². The molecule has 1 N–H and O–H groups in total. The highest BCUT2D eigenvalue weighted by atomic mass is 16.5. The summed E-state index contributed by atoms with van der Waals surface area (Å²) in [6.07, 6.45) is 8.14. The number of aliphatic hydroxyl groups is 1. The van der Waals surface area contributed by atoms with E-state index in [1.54, 1.807) is 0 Å². The van der Waals surface area contributed by atoms with Gasteiger partial charge in [0.15, 0.2) is 0 Å². The minimum atomic E-state index is 0.114. The van der Waals surface area contributed by atoms with Crippen LogP contribution in [0, 0.1) is 17.3 Å². The van der Waals surface area contributed by atoms with Gasteiger partial charge in [-0.3, -0.25) is 0 Å². The van der Waals surface area contributed by atoms with Gasteiger partial charge in [-0.2, -0.15) is 0 Å². The van der Waals surface area contributed by atoms with Crippen molar-refractivity contribution in [3.63, 3.8) is 0 Å². The van der Waals surface area contributed by atoms with Crippen molar-refractivity contribution in [1.29, 1.82) is 0 Å². The molecule has 21 heavy (non-hydrogen) atoms. The van der Waals surface area contributed by atoms with Gasteiger partial charge in [0.25, 0.3) is 0 Å². The molecule has 2 heteroatoms. The van der Waals surface area contributed by atoms with Crippen molar-refractivity contribution in [2.75, 3.05) is 13.2 Å². The first kappa shape index (κ1) is 16.3. The van der Waals surface area contributed by atoms with Gasteiger partial charge in [-0.05, 0) is 42.1 Å². The van der Waals surface area contributed by atoms with Crippen LogP contribution in [0.1, 0.15) is 38.7 Å². The molecule has 116 valence electrons. The van der Waals surface area contributed by atoms with Gasteiger partial charge in [-0.25, -0.2) is 0 Å². The Hall–Kier alpha value is -1.12. The van der Waals surface area contributed by atoms with E-state index in [0.29, 0.717) is 19.1 Å². The van der Waals surface area contributed by atoms with Crippen molar-refractivity contribution in [2.24, 2.45) is 17.3 Å². The van der Waals surface area contributed by atoms with Crippen LogP contribution in [-0.2, 0) is 11.3 Å². The number of ether oxygens (including phenoxy) is 1. The maximum atomic E-state index is 9.84. The molecule has 1 aromatic carbocycles. The molecule has 3 atom stereocenters. The van der Waals surface area contributed by atoms with Crippen molar-refractivity contribution in [3.8, 4) is 0 Å². The average Bonchev–Trinajstić information content (AvgIpc) is 2.49. The predicted molar refractivity (Wildman–Crippen MR) is 86.9 cm³/mol. The maximum Gasteiger partial charge on any atom is 0.0717 e. The molecular weight excluding hydrogens is 260 g/mol. The van der Waals surface area contributed by atoms with Crippen molar-refractivity contribution < 1.29 is 9.84 Å². The Morgan fingerprint density at radius 3 is 2.67 bits per heavy atom. The number of hydrogen-bond donors (Lipinski definition) is 1. The minimum Gasteiger partial charge on any atom is -0.396 e. The first-order chi connectivity index (χ1) is 10.2. The third-order valence-corrected chi connectivity index (χ3v) is 4.81. The lowest BCUT2D eigenvalue weighted by Crippen LogP contribution is -2.36. The average molecular weight is 288 g/mol. The number of rotatable bonds is 7. The monoisotopic (exact) mass is 288 g/mol. The Balaban J connectivity index is 1.87. The summed E-state index contributed by atoms with van der Waals surface area (Å²) in [6.45, 7) is 6.05. The fourth-order valence-corrected chi connectivity index (χ4v) is 3.44. The summed E-state index contributed by atoms with van der Waals surface area (Å²) in [5, 5.41) is 9.84. The normalized spacial score (nSPS) is 24.7. The van der Waals surface area contributed by atoms with Crippen LogP contribution in [-0.4, -0.2) is 18.3 Å². The van der Waals surface area contributed by atoms with Crippen LogP contribution >= 0.6 is 0 Å². The maximum absolute atomic E-state index is 9.84. The topological polar surface area (TPSA) is 29.5 Å². The molecular formula is C19H28O2. The van der Waals surface area contributed by atoms with E-state index in [1.807, 2.05) is 18.2 Å². The van der Waals surface area contributed by atoms with Crippen molar-refractivity contribution >= 4 is 0 Å². The summed E-state index contributed by atoms with van der Waals surface area (Å²) >= 11 is 0. The molecule has 1 aromatic rings. The Kier molecular flexibility index (Phi) is 6.01. The Morgan fingerprint density at radius 2 is 2.05 bits per heavy atom. The standard InChI is InChI=1S/C19H28O2/c1-16(14-21-15-17-9-5-3-6-10-17)18(13-20)19(2)11-7-4-8-12-19/h3,5-7,9-11,16,18,20H,4,8,12-15H2,1-2H3/t16-,18+,19-/m1/s1. The van der Waals surface area contributed by atoms with Crippen LogP contribution in [0.5, 0.6) is 0 Å². The van der Waals surface area contributed by atoms with E-state index in [9.17, 15) is 5.11 Å². The molecule has 0 spiro atoms. The zero-order chi connectivity index (χ0) is 15.1. The Bertz CT molecular complexity index is 440. The fourth-order valence-electron chi connectivity index (χ4n) is 3.44. The van der Waals surface area contributed by atoms with Gasteiger partial charge in [-0.15, -0.1) is 0 Å². The van der Waals surface area contributed by atoms with Crippen molar-refractivity contribution in [3.05, 3.63) is 48.0 Å². The molecule has 1 aliphatic rings. The van der Waals surface area contributed by atoms with E-state index in [4.69, 9.17) is 4.74 Å². The molecule has 2 nitrogen and oxygen atoms in total. The molecule has 0 unspecified atom stereocenters. The van der Waals surface area contributed by atoms with Crippen LogP contribution in [0.4, 0.5) is 0 Å². The summed E-state index contributed by atoms with van der Waals surface area (Å²) < 4.78 is 5.86. The highest BCUT2D eigenvalue weighted by Crippen LogP contribution is 2.41. The second kappa shape index (κ2) is 7.77. The molecule has 0 bridgehead atoms. The number of hydrogen-bond acceptors (Lipinski definition) is 2. The van der Waals surface area contributed by atoms with Gasteiger partial charge in [0.2, 0.25) is 0 Å². The van der Waals surface area contributed by atoms with Gasteiger partial charge in [0.1, 0.15) is 0 Å². The second-order valence-electron chi connectivity index (χ2n) is 6.57. The molecule has 0 heterocycles. The number of benzene rings is 1. The van der Waals surface area contributed by atoms with E-state index in [2.05, 4.69) is 38.1 Å². The molecule has 0 aliphatic heterocycles. The third-order valence-electron chi connectivity index (χ3n) is 4.81. The highest BCUT2D eigenvalue weighted by molar-refractivity contribution is 5.13. The van der Waals surface area contributed by atoms with Gasteiger partial charge < -0.3 is 9.84 Å². The van der Waals surface area contributed by atoms with Crippen LogP contribution in [0.25, 0.3) is 0 Å². The molecule has 0 fully saturated rings. The minimum absolute atomic E-state index is 0.114. The molecule has 1 aliphatic carbocycles. The van der Waals surface area contributed by atoms with Crippen LogP contribution in [0.2, 0.25) is 0 Å². The SMILES string of the molecule is C[C@H](COCc1ccccc1)[C@H](CO)[C@]1(C)C=CCCC1.